The minimum absolute atomic E-state index is 0.0235. The van der Waals surface area contributed by atoms with E-state index in [1.165, 1.54) is 0 Å². The van der Waals surface area contributed by atoms with Crippen molar-refractivity contribution >= 4 is 43.5 Å². The van der Waals surface area contributed by atoms with Crippen LogP contribution in [0.1, 0.15) is 24.5 Å². The summed E-state index contributed by atoms with van der Waals surface area (Å²) in [5.74, 6) is 0.894. The molecule has 4 aromatic heterocycles. The molecule has 1 aromatic carbocycles. The maximum absolute atomic E-state index is 12.1. The summed E-state index contributed by atoms with van der Waals surface area (Å²) < 4.78 is 25.8. The maximum Gasteiger partial charge on any atom is 0.165 e. The molecule has 1 fully saturated rings. The van der Waals surface area contributed by atoms with E-state index in [1.54, 1.807) is 22.0 Å². The molecule has 5 aromatic rings. The maximum atomic E-state index is 12.1. The minimum Gasteiger partial charge on any atom is -0.383 e. The van der Waals surface area contributed by atoms with Gasteiger partial charge in [0, 0.05) is 33.5 Å². The molecule has 166 valence electrons. The molecular formula is C24H21N5O2S2. The van der Waals surface area contributed by atoms with Gasteiger partial charge in [0.05, 0.1) is 34.5 Å². The summed E-state index contributed by atoms with van der Waals surface area (Å²) in [6.45, 7) is 0. The lowest BCUT2D eigenvalue weighted by Crippen LogP contribution is -2.23. The molecule has 5 heterocycles. The second-order valence-electron chi connectivity index (χ2n) is 8.37. The van der Waals surface area contributed by atoms with Crippen LogP contribution in [-0.4, -0.2) is 39.5 Å². The Hall–Kier alpha value is -3.30. The number of sulfone groups is 1. The number of pyridine rings is 1. The van der Waals surface area contributed by atoms with Gasteiger partial charge in [-0.3, -0.25) is 4.98 Å². The number of para-hydroxylation sites is 1. The van der Waals surface area contributed by atoms with Crippen LogP contribution in [-0.2, 0) is 9.84 Å². The van der Waals surface area contributed by atoms with E-state index in [-0.39, 0.29) is 17.4 Å². The first-order chi connectivity index (χ1) is 16.0. The molecule has 0 amide bonds. The number of thiophene rings is 1. The molecule has 0 spiro atoms. The number of anilines is 1. The van der Waals surface area contributed by atoms with Crippen LogP contribution in [0.4, 0.5) is 5.82 Å². The fourth-order valence-electron chi connectivity index (χ4n) is 4.59. The standard InChI is InChI=1S/C24H21N5O2S2/c25-23-21(20-6-3-9-32-20)22(15-7-10-33(30,31)11-8-15)28-24-18(14-27-29(23)24)17-12-16-4-1-2-5-19(16)26-13-17/h1-6,9,12-15H,7-8,10-11,25H2. The molecule has 7 nitrogen and oxygen atoms in total. The molecule has 0 unspecified atom stereocenters. The number of fused-ring (bicyclic) bond motifs is 2. The molecule has 1 aliphatic rings. The van der Waals surface area contributed by atoms with Crippen molar-refractivity contribution in [1.29, 1.82) is 0 Å². The molecule has 6 rings (SSSR count). The summed E-state index contributed by atoms with van der Waals surface area (Å²) in [4.78, 5) is 10.7. The lowest BCUT2D eigenvalue weighted by molar-refractivity contribution is 0.545. The largest absolute Gasteiger partial charge is 0.383 e. The van der Waals surface area contributed by atoms with Crippen LogP contribution in [0.3, 0.4) is 0 Å². The fraction of sp³-hybridized carbons (Fsp3) is 0.208. The number of benzene rings is 1. The van der Waals surface area contributed by atoms with Crippen LogP contribution < -0.4 is 5.73 Å². The Morgan fingerprint density at radius 1 is 1.06 bits per heavy atom. The number of rotatable bonds is 3. The normalized spacial score (nSPS) is 16.5. The summed E-state index contributed by atoms with van der Waals surface area (Å²) >= 11 is 1.59. The second-order valence-corrected chi connectivity index (χ2v) is 11.6. The van der Waals surface area contributed by atoms with Crippen LogP contribution in [0.5, 0.6) is 0 Å². The van der Waals surface area contributed by atoms with Crippen molar-refractivity contribution in [3.05, 3.63) is 65.9 Å². The molecule has 0 aliphatic carbocycles. The molecular weight excluding hydrogens is 454 g/mol. The Kier molecular flexibility index (Phi) is 4.70. The molecule has 1 saturated heterocycles. The third kappa shape index (κ3) is 3.48. The van der Waals surface area contributed by atoms with E-state index in [9.17, 15) is 8.42 Å². The monoisotopic (exact) mass is 475 g/mol. The van der Waals surface area contributed by atoms with Gasteiger partial charge in [0.25, 0.3) is 0 Å². The van der Waals surface area contributed by atoms with Crippen molar-refractivity contribution in [2.24, 2.45) is 0 Å². The Balaban J connectivity index is 1.56. The van der Waals surface area contributed by atoms with Crippen LogP contribution in [0.2, 0.25) is 0 Å². The highest BCUT2D eigenvalue weighted by Crippen LogP contribution is 2.41. The summed E-state index contributed by atoms with van der Waals surface area (Å²) in [7, 11) is -2.99. The highest BCUT2D eigenvalue weighted by atomic mass is 32.2. The third-order valence-corrected chi connectivity index (χ3v) is 8.92. The third-order valence-electron chi connectivity index (χ3n) is 6.32. The lowest BCUT2D eigenvalue weighted by Gasteiger charge is -2.24. The Morgan fingerprint density at radius 3 is 2.67 bits per heavy atom. The number of hydrogen-bond donors (Lipinski definition) is 1. The van der Waals surface area contributed by atoms with Gasteiger partial charge in [0.15, 0.2) is 5.65 Å². The zero-order valence-corrected chi connectivity index (χ0v) is 19.3. The smallest absolute Gasteiger partial charge is 0.165 e. The number of hydrogen-bond acceptors (Lipinski definition) is 7. The summed E-state index contributed by atoms with van der Waals surface area (Å²) in [6, 6.07) is 14.0. The van der Waals surface area contributed by atoms with E-state index >= 15 is 0 Å². The van der Waals surface area contributed by atoms with Crippen LogP contribution in [0, 0.1) is 0 Å². The summed E-state index contributed by atoms with van der Waals surface area (Å²) in [5, 5.41) is 7.61. The molecule has 0 radical (unpaired) electrons. The zero-order valence-electron chi connectivity index (χ0n) is 17.7. The highest BCUT2D eigenvalue weighted by Gasteiger charge is 2.30. The number of nitrogens with two attached hydrogens (primary N) is 1. The first kappa shape index (κ1) is 20.3. The van der Waals surface area contributed by atoms with E-state index in [0.717, 1.165) is 38.2 Å². The molecule has 0 saturated carbocycles. The Morgan fingerprint density at radius 2 is 1.88 bits per heavy atom. The predicted octanol–water partition coefficient (Wildman–Crippen LogP) is 4.55. The fourth-order valence-corrected chi connectivity index (χ4v) is 6.87. The Labute approximate surface area is 194 Å². The molecule has 1 aliphatic heterocycles. The van der Waals surface area contributed by atoms with Crippen molar-refractivity contribution in [3.63, 3.8) is 0 Å². The predicted molar refractivity (Wildman–Crippen MR) is 132 cm³/mol. The number of nitrogens with zero attached hydrogens (tertiary/aromatic N) is 4. The van der Waals surface area contributed by atoms with E-state index in [1.807, 2.05) is 48.0 Å². The molecule has 0 bridgehead atoms. The topological polar surface area (TPSA) is 103 Å². The van der Waals surface area contributed by atoms with Gasteiger partial charge >= 0.3 is 0 Å². The first-order valence-corrected chi connectivity index (χ1v) is 13.5. The molecule has 2 N–H and O–H groups in total. The van der Waals surface area contributed by atoms with Crippen LogP contribution >= 0.6 is 11.3 Å². The van der Waals surface area contributed by atoms with Gasteiger partial charge in [-0.1, -0.05) is 24.3 Å². The van der Waals surface area contributed by atoms with Crippen LogP contribution in [0.15, 0.2) is 60.2 Å². The van der Waals surface area contributed by atoms with E-state index in [0.29, 0.717) is 24.3 Å². The zero-order chi connectivity index (χ0) is 22.6. The van der Waals surface area contributed by atoms with Gasteiger partial charge in [-0.25, -0.2) is 13.4 Å². The Bertz CT molecular complexity index is 1590. The minimum atomic E-state index is -2.99. The van der Waals surface area contributed by atoms with E-state index in [2.05, 4.69) is 16.1 Å². The van der Waals surface area contributed by atoms with Gasteiger partial charge in [-0.2, -0.15) is 9.61 Å². The van der Waals surface area contributed by atoms with Crippen molar-refractivity contribution in [2.45, 2.75) is 18.8 Å². The van der Waals surface area contributed by atoms with E-state index in [4.69, 9.17) is 10.7 Å². The number of nitrogen functional groups attached to an aromatic ring is 1. The van der Waals surface area contributed by atoms with Crippen LogP contribution in [0.25, 0.3) is 38.1 Å². The van der Waals surface area contributed by atoms with Gasteiger partial charge in [0.2, 0.25) is 0 Å². The average Bonchev–Trinajstić information content (AvgIpc) is 3.49. The first-order valence-electron chi connectivity index (χ1n) is 10.8. The average molecular weight is 476 g/mol. The summed E-state index contributed by atoms with van der Waals surface area (Å²) in [5.41, 5.74) is 11.7. The lowest BCUT2D eigenvalue weighted by atomic mass is 9.94. The van der Waals surface area contributed by atoms with E-state index < -0.39 is 9.84 Å². The number of aromatic nitrogens is 4. The van der Waals surface area contributed by atoms with Gasteiger partial charge in [0.1, 0.15) is 15.7 Å². The quantitative estimate of drug-likeness (QED) is 0.411. The molecule has 0 atom stereocenters. The van der Waals surface area contributed by atoms with Gasteiger partial charge in [-0.15, -0.1) is 11.3 Å². The van der Waals surface area contributed by atoms with Crippen molar-refractivity contribution in [3.8, 4) is 21.6 Å². The molecule has 33 heavy (non-hydrogen) atoms. The molecule has 9 heteroatoms. The van der Waals surface area contributed by atoms with Crippen molar-refractivity contribution < 1.29 is 8.42 Å². The summed E-state index contributed by atoms with van der Waals surface area (Å²) in [6.07, 6.45) is 4.70. The highest BCUT2D eigenvalue weighted by molar-refractivity contribution is 7.91. The van der Waals surface area contributed by atoms with Gasteiger partial charge < -0.3 is 5.73 Å². The second kappa shape index (κ2) is 7.64. The SMILES string of the molecule is Nc1c(-c2cccs2)c(C2CCS(=O)(=O)CC2)nc2c(-c3cnc4ccccc4c3)cnn12. The van der Waals surface area contributed by atoms with Crippen molar-refractivity contribution in [2.75, 3.05) is 17.2 Å². The van der Waals surface area contributed by atoms with Gasteiger partial charge in [-0.05, 0) is 36.4 Å². The van der Waals surface area contributed by atoms with Crippen molar-refractivity contribution in [1.82, 2.24) is 19.6 Å².